The number of likely N-dealkylation sites (tertiary alicyclic amines) is 1. The van der Waals surface area contributed by atoms with E-state index in [2.05, 4.69) is 36.9 Å². The van der Waals surface area contributed by atoms with Gasteiger partial charge in [-0.3, -0.25) is 0 Å². The Morgan fingerprint density at radius 2 is 2.20 bits per heavy atom. The molecule has 1 heterocycles. The minimum Gasteiger partial charge on any atom is -0.493 e. The van der Waals surface area contributed by atoms with Gasteiger partial charge in [-0.2, -0.15) is 0 Å². The third-order valence-electron chi connectivity index (χ3n) is 3.98. The fraction of sp³-hybridized carbons (Fsp3) is 0.625. The molecule has 1 unspecified atom stereocenters. The van der Waals surface area contributed by atoms with E-state index < -0.39 is 0 Å². The first kappa shape index (κ1) is 15.0. The van der Waals surface area contributed by atoms with E-state index in [1.807, 2.05) is 12.1 Å². The SMILES string of the molecule is CCCOc1cc(N)cc(N(C)CC2CCCN2C)c1. The van der Waals surface area contributed by atoms with E-state index in [4.69, 9.17) is 10.5 Å². The maximum Gasteiger partial charge on any atom is 0.123 e. The van der Waals surface area contributed by atoms with Crippen LogP contribution in [0.25, 0.3) is 0 Å². The molecular formula is C16H27N3O. The van der Waals surface area contributed by atoms with Crippen molar-refractivity contribution in [1.82, 2.24) is 4.90 Å². The average Bonchev–Trinajstić information content (AvgIpc) is 2.81. The molecule has 4 heteroatoms. The van der Waals surface area contributed by atoms with Crippen LogP contribution < -0.4 is 15.4 Å². The number of benzene rings is 1. The first-order valence-corrected chi connectivity index (χ1v) is 7.55. The highest BCUT2D eigenvalue weighted by Crippen LogP contribution is 2.26. The van der Waals surface area contributed by atoms with Crippen molar-refractivity contribution in [3.05, 3.63) is 18.2 Å². The molecule has 1 aromatic carbocycles. The Balaban J connectivity index is 2.04. The second-order valence-electron chi connectivity index (χ2n) is 5.77. The lowest BCUT2D eigenvalue weighted by molar-refractivity contribution is 0.313. The van der Waals surface area contributed by atoms with Gasteiger partial charge in [0.15, 0.2) is 0 Å². The monoisotopic (exact) mass is 277 g/mol. The molecule has 1 atom stereocenters. The fourth-order valence-corrected chi connectivity index (χ4v) is 2.76. The van der Waals surface area contributed by atoms with Crippen LogP contribution in [-0.2, 0) is 0 Å². The Morgan fingerprint density at radius 3 is 2.85 bits per heavy atom. The topological polar surface area (TPSA) is 41.7 Å². The maximum absolute atomic E-state index is 5.99. The summed E-state index contributed by atoms with van der Waals surface area (Å²) < 4.78 is 5.70. The fourth-order valence-electron chi connectivity index (χ4n) is 2.76. The summed E-state index contributed by atoms with van der Waals surface area (Å²) in [6.07, 6.45) is 3.59. The lowest BCUT2D eigenvalue weighted by atomic mass is 10.2. The Labute approximate surface area is 122 Å². The molecule has 2 N–H and O–H groups in total. The van der Waals surface area contributed by atoms with E-state index in [1.54, 1.807) is 0 Å². The number of nitrogen functional groups attached to an aromatic ring is 1. The van der Waals surface area contributed by atoms with Gasteiger partial charge in [-0.25, -0.2) is 0 Å². The largest absolute Gasteiger partial charge is 0.493 e. The van der Waals surface area contributed by atoms with E-state index in [0.29, 0.717) is 6.04 Å². The van der Waals surface area contributed by atoms with Gasteiger partial charge in [0.2, 0.25) is 0 Å². The highest BCUT2D eigenvalue weighted by atomic mass is 16.5. The summed E-state index contributed by atoms with van der Waals surface area (Å²) in [5.41, 5.74) is 7.89. The summed E-state index contributed by atoms with van der Waals surface area (Å²) >= 11 is 0. The summed E-state index contributed by atoms with van der Waals surface area (Å²) in [7, 11) is 4.34. The number of ether oxygens (including phenoxy) is 1. The second kappa shape index (κ2) is 6.84. The Bertz CT molecular complexity index is 436. The zero-order valence-electron chi connectivity index (χ0n) is 12.9. The van der Waals surface area contributed by atoms with Gasteiger partial charge < -0.3 is 20.3 Å². The summed E-state index contributed by atoms with van der Waals surface area (Å²) in [6, 6.07) is 6.64. The molecule has 4 nitrogen and oxygen atoms in total. The lowest BCUT2D eigenvalue weighted by Crippen LogP contribution is -2.36. The van der Waals surface area contributed by atoms with E-state index >= 15 is 0 Å². The van der Waals surface area contributed by atoms with E-state index in [0.717, 1.165) is 36.7 Å². The second-order valence-corrected chi connectivity index (χ2v) is 5.77. The molecule has 1 saturated heterocycles. The van der Waals surface area contributed by atoms with Crippen LogP contribution in [0, 0.1) is 0 Å². The van der Waals surface area contributed by atoms with Gasteiger partial charge in [0, 0.05) is 43.1 Å². The van der Waals surface area contributed by atoms with Gasteiger partial charge in [0.1, 0.15) is 5.75 Å². The number of nitrogens with two attached hydrogens (primary N) is 1. The standard InChI is InChI=1S/C16H27N3O/c1-4-8-20-16-10-13(17)9-15(11-16)19(3)12-14-6-5-7-18(14)2/h9-11,14H,4-8,12,17H2,1-3H3. The average molecular weight is 277 g/mol. The van der Waals surface area contributed by atoms with Crippen LogP contribution in [0.3, 0.4) is 0 Å². The number of nitrogens with zero attached hydrogens (tertiary/aromatic N) is 2. The van der Waals surface area contributed by atoms with Crippen molar-refractivity contribution in [2.45, 2.75) is 32.2 Å². The molecule has 0 aliphatic carbocycles. The lowest BCUT2D eigenvalue weighted by Gasteiger charge is -2.27. The number of anilines is 2. The zero-order chi connectivity index (χ0) is 14.5. The van der Waals surface area contributed by atoms with Crippen LogP contribution in [-0.4, -0.2) is 44.7 Å². The van der Waals surface area contributed by atoms with Gasteiger partial charge in [-0.05, 0) is 38.9 Å². The molecule has 0 aromatic heterocycles. The molecule has 0 radical (unpaired) electrons. The van der Waals surface area contributed by atoms with Crippen LogP contribution >= 0.6 is 0 Å². The van der Waals surface area contributed by atoms with Crippen LogP contribution in [0.5, 0.6) is 5.75 Å². The Kier molecular flexibility index (Phi) is 5.12. The van der Waals surface area contributed by atoms with Crippen molar-refractivity contribution in [2.24, 2.45) is 0 Å². The molecule has 20 heavy (non-hydrogen) atoms. The summed E-state index contributed by atoms with van der Waals surface area (Å²) in [4.78, 5) is 4.72. The molecule has 1 fully saturated rings. The third kappa shape index (κ3) is 3.79. The number of likely N-dealkylation sites (N-methyl/N-ethyl adjacent to an activating group) is 2. The van der Waals surface area contributed by atoms with Crippen molar-refractivity contribution < 1.29 is 4.74 Å². The molecule has 1 aliphatic heterocycles. The van der Waals surface area contributed by atoms with E-state index in [9.17, 15) is 0 Å². The van der Waals surface area contributed by atoms with Crippen molar-refractivity contribution in [3.63, 3.8) is 0 Å². The predicted molar refractivity (Wildman–Crippen MR) is 85.6 cm³/mol. The number of hydrogen-bond acceptors (Lipinski definition) is 4. The van der Waals surface area contributed by atoms with Gasteiger partial charge >= 0.3 is 0 Å². The van der Waals surface area contributed by atoms with Crippen molar-refractivity contribution >= 4 is 11.4 Å². The predicted octanol–water partition coefficient (Wildman–Crippen LogP) is 2.59. The molecule has 0 amide bonds. The highest BCUT2D eigenvalue weighted by Gasteiger charge is 2.22. The van der Waals surface area contributed by atoms with Crippen LogP contribution in [0.2, 0.25) is 0 Å². The van der Waals surface area contributed by atoms with Crippen molar-refractivity contribution in [3.8, 4) is 5.75 Å². The molecule has 112 valence electrons. The van der Waals surface area contributed by atoms with Gasteiger partial charge in [-0.15, -0.1) is 0 Å². The molecular weight excluding hydrogens is 250 g/mol. The van der Waals surface area contributed by atoms with Crippen LogP contribution in [0.1, 0.15) is 26.2 Å². The number of rotatable bonds is 6. The smallest absolute Gasteiger partial charge is 0.123 e. The Morgan fingerprint density at radius 1 is 1.40 bits per heavy atom. The highest BCUT2D eigenvalue weighted by molar-refractivity contribution is 5.60. The molecule has 1 aromatic rings. The molecule has 0 spiro atoms. The number of hydrogen-bond donors (Lipinski definition) is 1. The molecule has 0 saturated carbocycles. The van der Waals surface area contributed by atoms with Gasteiger partial charge in [0.25, 0.3) is 0 Å². The first-order chi connectivity index (χ1) is 9.60. The maximum atomic E-state index is 5.99. The van der Waals surface area contributed by atoms with Crippen molar-refractivity contribution in [1.29, 1.82) is 0 Å². The molecule has 2 rings (SSSR count). The normalized spacial score (nSPS) is 19.2. The first-order valence-electron chi connectivity index (χ1n) is 7.55. The van der Waals surface area contributed by atoms with Crippen LogP contribution in [0.4, 0.5) is 11.4 Å². The minimum absolute atomic E-state index is 0.640. The van der Waals surface area contributed by atoms with E-state index in [-0.39, 0.29) is 0 Å². The third-order valence-corrected chi connectivity index (χ3v) is 3.98. The minimum atomic E-state index is 0.640. The quantitative estimate of drug-likeness (QED) is 0.812. The summed E-state index contributed by atoms with van der Waals surface area (Å²) in [5, 5.41) is 0. The van der Waals surface area contributed by atoms with Crippen molar-refractivity contribution in [2.75, 3.05) is 44.4 Å². The molecule has 1 aliphatic rings. The zero-order valence-corrected chi connectivity index (χ0v) is 12.9. The van der Waals surface area contributed by atoms with Gasteiger partial charge in [-0.1, -0.05) is 6.92 Å². The van der Waals surface area contributed by atoms with E-state index in [1.165, 1.54) is 19.4 Å². The Hall–Kier alpha value is -1.42. The summed E-state index contributed by atoms with van der Waals surface area (Å²) in [5.74, 6) is 0.869. The molecule has 0 bridgehead atoms. The van der Waals surface area contributed by atoms with Gasteiger partial charge in [0.05, 0.1) is 6.61 Å². The van der Waals surface area contributed by atoms with Crippen LogP contribution in [0.15, 0.2) is 18.2 Å². The summed E-state index contributed by atoms with van der Waals surface area (Å²) in [6.45, 7) is 5.08.